The van der Waals surface area contributed by atoms with Gasteiger partial charge in [0, 0.05) is 6.54 Å². The summed E-state index contributed by atoms with van der Waals surface area (Å²) in [6.07, 6.45) is 10.1. The SMILES string of the molecule is COc1cnc(NCCOC2CCCCC2)nc1. The van der Waals surface area contributed by atoms with E-state index in [4.69, 9.17) is 9.47 Å². The predicted octanol–water partition coefficient (Wildman–Crippen LogP) is 2.25. The molecule has 0 aromatic carbocycles. The van der Waals surface area contributed by atoms with E-state index in [1.807, 2.05) is 0 Å². The van der Waals surface area contributed by atoms with Crippen LogP contribution in [0, 0.1) is 0 Å². The van der Waals surface area contributed by atoms with E-state index in [0.29, 0.717) is 24.4 Å². The Bertz CT molecular complexity index is 337. The Hall–Kier alpha value is -1.36. The number of nitrogens with zero attached hydrogens (tertiary/aromatic N) is 2. The van der Waals surface area contributed by atoms with Crippen molar-refractivity contribution >= 4 is 5.95 Å². The molecule has 0 atom stereocenters. The highest BCUT2D eigenvalue weighted by molar-refractivity contribution is 5.26. The summed E-state index contributed by atoms with van der Waals surface area (Å²) < 4.78 is 10.8. The van der Waals surface area contributed by atoms with E-state index in [0.717, 1.165) is 6.54 Å². The Kier molecular flexibility index (Phi) is 5.20. The van der Waals surface area contributed by atoms with Crippen molar-refractivity contribution in [2.24, 2.45) is 0 Å². The Balaban J connectivity index is 1.62. The molecule has 1 saturated carbocycles. The van der Waals surface area contributed by atoms with Gasteiger partial charge in [0.25, 0.3) is 0 Å². The van der Waals surface area contributed by atoms with Crippen LogP contribution in [0.1, 0.15) is 32.1 Å². The third-order valence-corrected chi connectivity index (χ3v) is 3.15. The molecule has 100 valence electrons. The molecule has 1 aliphatic rings. The van der Waals surface area contributed by atoms with Crippen molar-refractivity contribution in [2.75, 3.05) is 25.6 Å². The molecule has 0 aliphatic heterocycles. The molecule has 18 heavy (non-hydrogen) atoms. The molecule has 1 fully saturated rings. The molecule has 0 amide bonds. The molecular formula is C13H21N3O2. The number of hydrogen-bond donors (Lipinski definition) is 1. The fourth-order valence-corrected chi connectivity index (χ4v) is 2.13. The average molecular weight is 251 g/mol. The van der Waals surface area contributed by atoms with Gasteiger partial charge in [-0.1, -0.05) is 19.3 Å². The summed E-state index contributed by atoms with van der Waals surface area (Å²) in [5, 5.41) is 3.13. The van der Waals surface area contributed by atoms with Crippen molar-refractivity contribution in [3.63, 3.8) is 0 Å². The van der Waals surface area contributed by atoms with Gasteiger partial charge >= 0.3 is 0 Å². The standard InChI is InChI=1S/C13H21N3O2/c1-17-12-9-15-13(16-10-12)14-7-8-18-11-5-3-2-4-6-11/h9-11H,2-8H2,1H3,(H,14,15,16). The summed E-state index contributed by atoms with van der Waals surface area (Å²) in [6.45, 7) is 1.45. The van der Waals surface area contributed by atoms with E-state index in [2.05, 4.69) is 15.3 Å². The van der Waals surface area contributed by atoms with Crippen molar-refractivity contribution in [3.8, 4) is 5.75 Å². The predicted molar refractivity (Wildman–Crippen MR) is 69.9 cm³/mol. The molecule has 5 heteroatoms. The highest BCUT2D eigenvalue weighted by atomic mass is 16.5. The van der Waals surface area contributed by atoms with Gasteiger partial charge in [-0.2, -0.15) is 0 Å². The molecule has 1 N–H and O–H groups in total. The third-order valence-electron chi connectivity index (χ3n) is 3.15. The van der Waals surface area contributed by atoms with Crippen molar-refractivity contribution in [1.82, 2.24) is 9.97 Å². The van der Waals surface area contributed by atoms with Crippen molar-refractivity contribution in [1.29, 1.82) is 0 Å². The summed E-state index contributed by atoms with van der Waals surface area (Å²) >= 11 is 0. The zero-order valence-electron chi connectivity index (χ0n) is 10.9. The molecular weight excluding hydrogens is 230 g/mol. The van der Waals surface area contributed by atoms with Crippen LogP contribution in [0.5, 0.6) is 5.75 Å². The fourth-order valence-electron chi connectivity index (χ4n) is 2.13. The minimum atomic E-state index is 0.456. The molecule has 1 aromatic rings. The maximum atomic E-state index is 5.81. The summed E-state index contributed by atoms with van der Waals surface area (Å²) in [6, 6.07) is 0. The fraction of sp³-hybridized carbons (Fsp3) is 0.692. The van der Waals surface area contributed by atoms with E-state index in [1.54, 1.807) is 19.5 Å². The van der Waals surface area contributed by atoms with Crippen LogP contribution in [0.3, 0.4) is 0 Å². The number of aromatic nitrogens is 2. The second-order valence-electron chi connectivity index (χ2n) is 4.50. The largest absolute Gasteiger partial charge is 0.494 e. The lowest BCUT2D eigenvalue weighted by molar-refractivity contribution is 0.0347. The normalized spacial score (nSPS) is 16.5. The second-order valence-corrected chi connectivity index (χ2v) is 4.50. The summed E-state index contributed by atoms with van der Waals surface area (Å²) in [4.78, 5) is 8.26. The molecule has 0 unspecified atom stereocenters. The summed E-state index contributed by atoms with van der Waals surface area (Å²) in [7, 11) is 1.60. The van der Waals surface area contributed by atoms with Crippen LogP contribution in [-0.2, 0) is 4.74 Å². The molecule has 0 spiro atoms. The van der Waals surface area contributed by atoms with Crippen LogP contribution >= 0.6 is 0 Å². The van der Waals surface area contributed by atoms with E-state index < -0.39 is 0 Å². The first-order valence-corrected chi connectivity index (χ1v) is 6.60. The molecule has 1 heterocycles. The van der Waals surface area contributed by atoms with Gasteiger partial charge in [0.1, 0.15) is 0 Å². The van der Waals surface area contributed by atoms with E-state index in [-0.39, 0.29) is 0 Å². The van der Waals surface area contributed by atoms with Crippen LogP contribution in [0.2, 0.25) is 0 Å². The van der Waals surface area contributed by atoms with Crippen LogP contribution in [-0.4, -0.2) is 36.3 Å². The Labute approximate surface area is 108 Å². The number of methoxy groups -OCH3 is 1. The number of ether oxygens (including phenoxy) is 2. The first-order chi connectivity index (χ1) is 8.88. The number of rotatable bonds is 6. The summed E-state index contributed by atoms with van der Waals surface area (Å²) in [5.74, 6) is 1.28. The maximum Gasteiger partial charge on any atom is 0.222 e. The Morgan fingerprint density at radius 1 is 1.22 bits per heavy atom. The molecule has 2 rings (SSSR count). The maximum absolute atomic E-state index is 5.81. The van der Waals surface area contributed by atoms with Crippen LogP contribution < -0.4 is 10.1 Å². The van der Waals surface area contributed by atoms with Gasteiger partial charge in [-0.3, -0.25) is 0 Å². The van der Waals surface area contributed by atoms with Crippen molar-refractivity contribution in [3.05, 3.63) is 12.4 Å². The minimum absolute atomic E-state index is 0.456. The summed E-state index contributed by atoms with van der Waals surface area (Å²) in [5.41, 5.74) is 0. The van der Waals surface area contributed by atoms with Gasteiger partial charge in [0.2, 0.25) is 5.95 Å². The lowest BCUT2D eigenvalue weighted by atomic mass is 9.98. The van der Waals surface area contributed by atoms with E-state index in [1.165, 1.54) is 32.1 Å². The van der Waals surface area contributed by atoms with Gasteiger partial charge in [-0.25, -0.2) is 9.97 Å². The molecule has 0 radical (unpaired) electrons. The van der Waals surface area contributed by atoms with Gasteiger partial charge < -0.3 is 14.8 Å². The Morgan fingerprint density at radius 3 is 2.61 bits per heavy atom. The van der Waals surface area contributed by atoms with Gasteiger partial charge in [0.05, 0.1) is 32.2 Å². The van der Waals surface area contributed by atoms with Crippen LogP contribution in [0.25, 0.3) is 0 Å². The monoisotopic (exact) mass is 251 g/mol. The van der Waals surface area contributed by atoms with Crippen molar-refractivity contribution < 1.29 is 9.47 Å². The second kappa shape index (κ2) is 7.16. The molecule has 1 aromatic heterocycles. The zero-order chi connectivity index (χ0) is 12.6. The van der Waals surface area contributed by atoms with Crippen LogP contribution in [0.4, 0.5) is 5.95 Å². The molecule has 1 aliphatic carbocycles. The van der Waals surface area contributed by atoms with E-state index in [9.17, 15) is 0 Å². The lowest BCUT2D eigenvalue weighted by Crippen LogP contribution is -2.20. The van der Waals surface area contributed by atoms with Crippen molar-refractivity contribution in [2.45, 2.75) is 38.2 Å². The number of hydrogen-bond acceptors (Lipinski definition) is 5. The third kappa shape index (κ3) is 4.14. The highest BCUT2D eigenvalue weighted by Gasteiger charge is 2.12. The van der Waals surface area contributed by atoms with E-state index >= 15 is 0 Å². The topological polar surface area (TPSA) is 56.3 Å². The zero-order valence-corrected chi connectivity index (χ0v) is 10.9. The first-order valence-electron chi connectivity index (χ1n) is 6.60. The number of anilines is 1. The molecule has 5 nitrogen and oxygen atoms in total. The highest BCUT2D eigenvalue weighted by Crippen LogP contribution is 2.19. The first kappa shape index (κ1) is 13.1. The van der Waals surface area contributed by atoms with Gasteiger partial charge in [-0.05, 0) is 12.8 Å². The number of nitrogens with one attached hydrogen (secondary N) is 1. The minimum Gasteiger partial charge on any atom is -0.494 e. The lowest BCUT2D eigenvalue weighted by Gasteiger charge is -2.21. The van der Waals surface area contributed by atoms with Gasteiger partial charge in [0.15, 0.2) is 5.75 Å². The quantitative estimate of drug-likeness (QED) is 0.786. The van der Waals surface area contributed by atoms with Crippen LogP contribution in [0.15, 0.2) is 12.4 Å². The smallest absolute Gasteiger partial charge is 0.222 e. The van der Waals surface area contributed by atoms with Gasteiger partial charge in [-0.15, -0.1) is 0 Å². The Morgan fingerprint density at radius 2 is 1.94 bits per heavy atom. The average Bonchev–Trinajstić information content (AvgIpc) is 2.45. The molecule has 0 bridgehead atoms. The molecule has 0 saturated heterocycles.